The fourth-order valence-electron chi connectivity index (χ4n) is 3.06. The molecule has 0 aromatic carbocycles. The summed E-state index contributed by atoms with van der Waals surface area (Å²) in [4.78, 5) is 26.4. The second-order valence-electron chi connectivity index (χ2n) is 4.95. The van der Waals surface area contributed by atoms with Crippen molar-refractivity contribution in [3.63, 3.8) is 0 Å². The van der Waals surface area contributed by atoms with E-state index in [9.17, 15) is 9.59 Å². The number of ketones is 1. The van der Waals surface area contributed by atoms with Crippen molar-refractivity contribution in [2.45, 2.75) is 26.2 Å². The van der Waals surface area contributed by atoms with Gasteiger partial charge in [0.2, 0.25) is 0 Å². The number of fused-ring (bicyclic) bond motifs is 2. The lowest BCUT2D eigenvalue weighted by molar-refractivity contribution is -0.169. The minimum atomic E-state index is -0.855. The van der Waals surface area contributed by atoms with Gasteiger partial charge in [-0.05, 0) is 26.8 Å². The zero-order chi connectivity index (χ0) is 11.8. The van der Waals surface area contributed by atoms with Crippen LogP contribution in [0.3, 0.4) is 0 Å². The Hall–Kier alpha value is -0.900. The molecule has 4 nitrogen and oxygen atoms in total. The van der Waals surface area contributed by atoms with E-state index in [1.54, 1.807) is 6.92 Å². The third kappa shape index (κ3) is 1.65. The number of carbonyl (C=O) groups is 2. The first-order valence-electron chi connectivity index (χ1n) is 6.00. The number of esters is 1. The molecule has 0 N–H and O–H groups in total. The summed E-state index contributed by atoms with van der Waals surface area (Å²) >= 11 is 0. The van der Waals surface area contributed by atoms with Gasteiger partial charge < -0.3 is 9.64 Å². The molecule has 2 rings (SSSR count). The molecule has 4 heteroatoms. The number of carbonyl (C=O) groups excluding carboxylic acids is 2. The van der Waals surface area contributed by atoms with Crippen LogP contribution in [-0.2, 0) is 14.3 Å². The Morgan fingerprint density at radius 2 is 2.38 bits per heavy atom. The van der Waals surface area contributed by atoms with Crippen molar-refractivity contribution < 1.29 is 14.3 Å². The molecule has 0 radical (unpaired) electrons. The molecule has 1 heterocycles. The van der Waals surface area contributed by atoms with E-state index in [1.807, 2.05) is 7.05 Å². The van der Waals surface area contributed by atoms with Gasteiger partial charge in [-0.15, -0.1) is 0 Å². The first-order chi connectivity index (χ1) is 7.60. The summed E-state index contributed by atoms with van der Waals surface area (Å²) in [5, 5.41) is 0. The van der Waals surface area contributed by atoms with E-state index >= 15 is 0 Å². The van der Waals surface area contributed by atoms with Gasteiger partial charge in [0.1, 0.15) is 5.41 Å². The van der Waals surface area contributed by atoms with Gasteiger partial charge in [0, 0.05) is 19.0 Å². The molecule has 2 atom stereocenters. The summed E-state index contributed by atoms with van der Waals surface area (Å²) in [6.45, 7) is 3.45. The Bertz CT molecular complexity index is 315. The van der Waals surface area contributed by atoms with Crippen LogP contribution in [0.4, 0.5) is 0 Å². The number of piperidine rings is 1. The largest absolute Gasteiger partial charge is 0.465 e. The first kappa shape index (κ1) is 11.6. The van der Waals surface area contributed by atoms with Gasteiger partial charge in [0.25, 0.3) is 0 Å². The van der Waals surface area contributed by atoms with Gasteiger partial charge >= 0.3 is 5.97 Å². The Balaban J connectivity index is 2.27. The molecule has 1 saturated carbocycles. The van der Waals surface area contributed by atoms with E-state index in [0.717, 1.165) is 19.4 Å². The SMILES string of the molecule is CCOC(=O)[C@]12CCC[C@H](CN(C)C1)C2=O. The summed E-state index contributed by atoms with van der Waals surface area (Å²) in [7, 11) is 1.97. The maximum Gasteiger partial charge on any atom is 0.320 e. The topological polar surface area (TPSA) is 46.6 Å². The molecule has 1 aliphatic heterocycles. The number of nitrogens with zero attached hydrogens (tertiary/aromatic N) is 1. The Morgan fingerprint density at radius 3 is 3.06 bits per heavy atom. The monoisotopic (exact) mass is 225 g/mol. The predicted octanol–water partition coefficient (Wildman–Crippen LogP) is 0.851. The summed E-state index contributed by atoms with van der Waals surface area (Å²) in [5.74, 6) is -0.150. The summed E-state index contributed by atoms with van der Waals surface area (Å²) < 4.78 is 5.09. The maximum absolute atomic E-state index is 12.3. The lowest BCUT2D eigenvalue weighted by Gasteiger charge is -2.45. The van der Waals surface area contributed by atoms with Crippen LogP contribution in [0.25, 0.3) is 0 Å². The number of likely N-dealkylation sites (tertiary alicyclic amines) is 1. The number of hydrogen-bond donors (Lipinski definition) is 0. The second-order valence-corrected chi connectivity index (χ2v) is 4.95. The molecule has 0 unspecified atom stereocenters. The molecule has 0 aromatic rings. The molecule has 90 valence electrons. The van der Waals surface area contributed by atoms with Crippen LogP contribution in [0.15, 0.2) is 0 Å². The zero-order valence-electron chi connectivity index (χ0n) is 9.99. The molecule has 2 aliphatic rings. The Labute approximate surface area is 95.9 Å². The van der Waals surface area contributed by atoms with Crippen molar-refractivity contribution in [2.75, 3.05) is 26.7 Å². The minimum absolute atomic E-state index is 0.0388. The van der Waals surface area contributed by atoms with Crippen molar-refractivity contribution in [2.24, 2.45) is 11.3 Å². The minimum Gasteiger partial charge on any atom is -0.465 e. The summed E-state index contributed by atoms with van der Waals surface area (Å²) in [6.07, 6.45) is 2.54. The van der Waals surface area contributed by atoms with Gasteiger partial charge in [-0.1, -0.05) is 6.42 Å². The third-order valence-electron chi connectivity index (χ3n) is 3.74. The van der Waals surface area contributed by atoms with Crippen LogP contribution < -0.4 is 0 Å². The lowest BCUT2D eigenvalue weighted by atomic mass is 9.65. The fourth-order valence-corrected chi connectivity index (χ4v) is 3.06. The average Bonchev–Trinajstić information content (AvgIpc) is 2.21. The summed E-state index contributed by atoms with van der Waals surface area (Å²) in [5.41, 5.74) is -0.855. The molecule has 16 heavy (non-hydrogen) atoms. The lowest BCUT2D eigenvalue weighted by Crippen LogP contribution is -2.59. The third-order valence-corrected chi connectivity index (χ3v) is 3.74. The number of ether oxygens (including phenoxy) is 1. The van der Waals surface area contributed by atoms with Gasteiger partial charge in [-0.25, -0.2) is 0 Å². The van der Waals surface area contributed by atoms with E-state index < -0.39 is 5.41 Å². The van der Waals surface area contributed by atoms with Gasteiger partial charge in [0.05, 0.1) is 6.61 Å². The van der Waals surface area contributed by atoms with Crippen LogP contribution in [-0.4, -0.2) is 43.4 Å². The van der Waals surface area contributed by atoms with Crippen molar-refractivity contribution >= 4 is 11.8 Å². The van der Waals surface area contributed by atoms with Crippen LogP contribution >= 0.6 is 0 Å². The van der Waals surface area contributed by atoms with Crippen LogP contribution in [0.5, 0.6) is 0 Å². The van der Waals surface area contributed by atoms with Crippen molar-refractivity contribution in [1.82, 2.24) is 4.90 Å². The highest BCUT2D eigenvalue weighted by Gasteiger charge is 2.54. The molecular weight excluding hydrogens is 206 g/mol. The molecule has 1 aliphatic carbocycles. The summed E-state index contributed by atoms with van der Waals surface area (Å²) in [6, 6.07) is 0. The van der Waals surface area contributed by atoms with Crippen LogP contribution in [0, 0.1) is 11.3 Å². The number of rotatable bonds is 2. The molecule has 2 fully saturated rings. The Morgan fingerprint density at radius 1 is 1.62 bits per heavy atom. The standard InChI is InChI=1S/C12H19NO3/c1-3-16-11(15)12-6-4-5-9(10(12)14)7-13(2)8-12/h9H,3-8H2,1-2H3/t9-,12-/m1/s1. The van der Waals surface area contributed by atoms with E-state index in [4.69, 9.17) is 4.74 Å². The molecular formula is C12H19NO3. The highest BCUT2D eigenvalue weighted by atomic mass is 16.5. The van der Waals surface area contributed by atoms with Gasteiger partial charge in [-0.2, -0.15) is 0 Å². The molecule has 0 amide bonds. The Kier molecular flexibility index (Phi) is 3.02. The fraction of sp³-hybridized carbons (Fsp3) is 0.833. The van der Waals surface area contributed by atoms with Crippen molar-refractivity contribution in [3.05, 3.63) is 0 Å². The first-order valence-corrected chi connectivity index (χ1v) is 6.00. The van der Waals surface area contributed by atoms with E-state index in [2.05, 4.69) is 4.90 Å². The highest BCUT2D eigenvalue weighted by Crippen LogP contribution is 2.41. The zero-order valence-corrected chi connectivity index (χ0v) is 9.99. The second kappa shape index (κ2) is 4.17. The molecule has 0 spiro atoms. The van der Waals surface area contributed by atoms with Crippen LogP contribution in [0.1, 0.15) is 26.2 Å². The van der Waals surface area contributed by atoms with Gasteiger partial charge in [-0.3, -0.25) is 9.59 Å². The van der Waals surface area contributed by atoms with E-state index in [1.165, 1.54) is 0 Å². The van der Waals surface area contributed by atoms with Gasteiger partial charge in [0.15, 0.2) is 5.78 Å². The normalized spacial score (nSPS) is 34.9. The highest BCUT2D eigenvalue weighted by molar-refractivity contribution is 6.06. The maximum atomic E-state index is 12.3. The molecule has 1 saturated heterocycles. The number of hydrogen-bond acceptors (Lipinski definition) is 4. The predicted molar refractivity (Wildman–Crippen MR) is 58.9 cm³/mol. The average molecular weight is 225 g/mol. The molecule has 2 bridgehead atoms. The smallest absolute Gasteiger partial charge is 0.320 e. The quantitative estimate of drug-likeness (QED) is 0.516. The van der Waals surface area contributed by atoms with E-state index in [0.29, 0.717) is 19.6 Å². The van der Waals surface area contributed by atoms with Crippen molar-refractivity contribution in [1.29, 1.82) is 0 Å². The van der Waals surface area contributed by atoms with Crippen molar-refractivity contribution in [3.8, 4) is 0 Å². The van der Waals surface area contributed by atoms with Crippen LogP contribution in [0.2, 0.25) is 0 Å². The number of Topliss-reactive ketones (excluding diaryl/α,β-unsaturated/α-hetero) is 1. The molecule has 0 aromatic heterocycles. The van der Waals surface area contributed by atoms with E-state index in [-0.39, 0.29) is 17.7 Å².